The molecule has 88 valence electrons. The summed E-state index contributed by atoms with van der Waals surface area (Å²) in [6.45, 7) is 0. The molecule has 3 aromatic rings. The molecule has 0 saturated carbocycles. The second-order valence-corrected chi connectivity index (χ2v) is 3.94. The lowest BCUT2D eigenvalue weighted by Gasteiger charge is -1.92. The molecule has 1 heterocycles. The van der Waals surface area contributed by atoms with Crippen molar-refractivity contribution in [1.82, 2.24) is 4.98 Å². The molecule has 0 bridgehead atoms. The highest BCUT2D eigenvalue weighted by Gasteiger charge is 2.00. The number of hydrogen-bond donors (Lipinski definition) is 1. The fourth-order valence-electron chi connectivity index (χ4n) is 1.71. The van der Waals surface area contributed by atoms with Gasteiger partial charge in [0.2, 0.25) is 5.89 Å². The first kappa shape index (κ1) is 10.6. The lowest BCUT2D eigenvalue weighted by Crippen LogP contribution is -1.72. The lowest BCUT2D eigenvalue weighted by atomic mass is 10.2. The molecule has 0 fully saturated rings. The van der Waals surface area contributed by atoms with E-state index >= 15 is 0 Å². The summed E-state index contributed by atoms with van der Waals surface area (Å²) in [5.74, 6) is 0.832. The Balaban J connectivity index is 1.89. The van der Waals surface area contributed by atoms with Crippen molar-refractivity contribution in [2.24, 2.45) is 0 Å². The maximum Gasteiger partial charge on any atom is 0.220 e. The van der Waals surface area contributed by atoms with Gasteiger partial charge in [0.1, 0.15) is 11.3 Å². The Labute approximate surface area is 104 Å². The number of aromatic nitrogens is 1. The van der Waals surface area contributed by atoms with E-state index in [1.54, 1.807) is 12.1 Å². The van der Waals surface area contributed by atoms with Crippen LogP contribution in [-0.4, -0.2) is 10.1 Å². The molecule has 0 aliphatic rings. The summed E-state index contributed by atoms with van der Waals surface area (Å²) in [6, 6.07) is 14.6. The first-order valence-corrected chi connectivity index (χ1v) is 5.64. The summed E-state index contributed by atoms with van der Waals surface area (Å²) < 4.78 is 5.57. The zero-order valence-corrected chi connectivity index (χ0v) is 9.58. The molecule has 2 aromatic carbocycles. The van der Waals surface area contributed by atoms with Gasteiger partial charge in [-0.25, -0.2) is 4.98 Å². The quantitative estimate of drug-likeness (QED) is 0.739. The minimum absolute atomic E-state index is 0.258. The Morgan fingerprint density at radius 2 is 1.72 bits per heavy atom. The average molecular weight is 237 g/mol. The summed E-state index contributed by atoms with van der Waals surface area (Å²) >= 11 is 0. The summed E-state index contributed by atoms with van der Waals surface area (Å²) in [6.07, 6.45) is 3.70. The molecule has 3 nitrogen and oxygen atoms in total. The molecule has 0 saturated heterocycles. The second kappa shape index (κ2) is 4.37. The molecule has 1 aromatic heterocycles. The van der Waals surface area contributed by atoms with E-state index in [2.05, 4.69) is 4.98 Å². The van der Waals surface area contributed by atoms with Crippen molar-refractivity contribution in [2.45, 2.75) is 0 Å². The largest absolute Gasteiger partial charge is 0.508 e. The number of para-hydroxylation sites is 2. The van der Waals surface area contributed by atoms with Gasteiger partial charge in [0.05, 0.1) is 0 Å². The minimum Gasteiger partial charge on any atom is -0.508 e. The van der Waals surface area contributed by atoms with Gasteiger partial charge in [0.25, 0.3) is 0 Å². The monoisotopic (exact) mass is 237 g/mol. The molecule has 0 unspecified atom stereocenters. The van der Waals surface area contributed by atoms with Gasteiger partial charge in [0.15, 0.2) is 5.58 Å². The van der Waals surface area contributed by atoms with Crippen LogP contribution in [0.25, 0.3) is 23.3 Å². The highest BCUT2D eigenvalue weighted by molar-refractivity contribution is 5.75. The van der Waals surface area contributed by atoms with Crippen LogP contribution in [0.5, 0.6) is 5.75 Å². The molecule has 18 heavy (non-hydrogen) atoms. The Morgan fingerprint density at radius 3 is 2.50 bits per heavy atom. The van der Waals surface area contributed by atoms with Crippen LogP contribution in [0.15, 0.2) is 52.9 Å². The van der Waals surface area contributed by atoms with Crippen molar-refractivity contribution in [1.29, 1.82) is 0 Å². The summed E-state index contributed by atoms with van der Waals surface area (Å²) in [5.41, 5.74) is 2.61. The van der Waals surface area contributed by atoms with Crippen LogP contribution < -0.4 is 0 Å². The molecular formula is C15H11NO2. The van der Waals surface area contributed by atoms with Crippen molar-refractivity contribution in [2.75, 3.05) is 0 Å². The summed E-state index contributed by atoms with van der Waals surface area (Å²) in [4.78, 5) is 4.34. The van der Waals surface area contributed by atoms with E-state index in [4.69, 9.17) is 4.42 Å². The average Bonchev–Trinajstić information content (AvgIpc) is 2.81. The van der Waals surface area contributed by atoms with Crippen molar-refractivity contribution < 1.29 is 9.52 Å². The number of nitrogens with zero attached hydrogens (tertiary/aromatic N) is 1. The number of phenols is 1. The van der Waals surface area contributed by atoms with Gasteiger partial charge < -0.3 is 9.52 Å². The summed E-state index contributed by atoms with van der Waals surface area (Å²) in [5, 5.41) is 9.18. The van der Waals surface area contributed by atoms with Crippen LogP contribution in [-0.2, 0) is 0 Å². The van der Waals surface area contributed by atoms with E-state index in [0.717, 1.165) is 16.7 Å². The number of aromatic hydroxyl groups is 1. The van der Waals surface area contributed by atoms with Gasteiger partial charge in [-0.3, -0.25) is 0 Å². The number of phenolic OH excluding ortho intramolecular Hbond substituents is 1. The molecule has 0 atom stereocenters. The molecule has 0 aliphatic heterocycles. The molecule has 0 spiro atoms. The maximum atomic E-state index is 9.18. The zero-order valence-electron chi connectivity index (χ0n) is 9.58. The molecule has 3 rings (SSSR count). The van der Waals surface area contributed by atoms with E-state index in [-0.39, 0.29) is 5.75 Å². The number of rotatable bonds is 2. The Morgan fingerprint density at radius 1 is 0.944 bits per heavy atom. The van der Waals surface area contributed by atoms with Crippen molar-refractivity contribution in [3.8, 4) is 5.75 Å². The molecule has 0 radical (unpaired) electrons. The molecule has 0 amide bonds. The highest BCUT2D eigenvalue weighted by atomic mass is 16.3. The Bertz CT molecular complexity index is 663. The van der Waals surface area contributed by atoms with E-state index < -0.39 is 0 Å². The van der Waals surface area contributed by atoms with Gasteiger partial charge in [-0.05, 0) is 35.9 Å². The van der Waals surface area contributed by atoms with Crippen molar-refractivity contribution in [3.05, 3.63) is 60.0 Å². The number of hydrogen-bond acceptors (Lipinski definition) is 3. The number of fused-ring (bicyclic) bond motifs is 1. The third-order valence-electron chi connectivity index (χ3n) is 2.62. The van der Waals surface area contributed by atoms with Crippen LogP contribution in [0.2, 0.25) is 0 Å². The van der Waals surface area contributed by atoms with Gasteiger partial charge in [-0.2, -0.15) is 0 Å². The Hall–Kier alpha value is -2.55. The molecule has 1 N–H and O–H groups in total. The zero-order chi connectivity index (χ0) is 12.4. The van der Waals surface area contributed by atoms with Gasteiger partial charge in [-0.1, -0.05) is 24.3 Å². The highest BCUT2D eigenvalue weighted by Crippen LogP contribution is 2.17. The molecule has 3 heteroatoms. The molecular weight excluding hydrogens is 226 g/mol. The van der Waals surface area contributed by atoms with Crippen molar-refractivity contribution >= 4 is 23.3 Å². The smallest absolute Gasteiger partial charge is 0.220 e. The first-order valence-electron chi connectivity index (χ1n) is 5.64. The van der Waals surface area contributed by atoms with Gasteiger partial charge in [-0.15, -0.1) is 0 Å². The predicted octanol–water partition coefficient (Wildman–Crippen LogP) is 3.70. The van der Waals surface area contributed by atoms with Crippen LogP contribution in [0.3, 0.4) is 0 Å². The fraction of sp³-hybridized carbons (Fsp3) is 0. The van der Waals surface area contributed by atoms with Crippen molar-refractivity contribution in [3.63, 3.8) is 0 Å². The SMILES string of the molecule is Oc1ccc(/C=C/c2nc3ccccc3o2)cc1. The normalized spacial score (nSPS) is 11.3. The number of benzene rings is 2. The maximum absolute atomic E-state index is 9.18. The first-order chi connectivity index (χ1) is 8.81. The third kappa shape index (κ3) is 2.11. The summed E-state index contributed by atoms with van der Waals surface area (Å²) in [7, 11) is 0. The van der Waals surface area contributed by atoms with E-state index in [1.807, 2.05) is 48.6 Å². The Kier molecular flexibility index (Phi) is 2.57. The third-order valence-corrected chi connectivity index (χ3v) is 2.62. The van der Waals surface area contributed by atoms with Crippen LogP contribution in [0.1, 0.15) is 11.5 Å². The lowest BCUT2D eigenvalue weighted by molar-refractivity contribution is 0.475. The van der Waals surface area contributed by atoms with Crippen LogP contribution >= 0.6 is 0 Å². The predicted molar refractivity (Wildman–Crippen MR) is 71.0 cm³/mol. The van der Waals surface area contributed by atoms with Crippen LogP contribution in [0.4, 0.5) is 0 Å². The fourth-order valence-corrected chi connectivity index (χ4v) is 1.71. The van der Waals surface area contributed by atoms with E-state index in [9.17, 15) is 5.11 Å². The number of oxazole rings is 1. The second-order valence-electron chi connectivity index (χ2n) is 3.94. The minimum atomic E-state index is 0.258. The van der Waals surface area contributed by atoms with Crippen LogP contribution in [0, 0.1) is 0 Å². The van der Waals surface area contributed by atoms with Gasteiger partial charge >= 0.3 is 0 Å². The van der Waals surface area contributed by atoms with E-state index in [0.29, 0.717) is 5.89 Å². The topological polar surface area (TPSA) is 46.3 Å². The van der Waals surface area contributed by atoms with Gasteiger partial charge in [0, 0.05) is 6.08 Å². The van der Waals surface area contributed by atoms with E-state index in [1.165, 1.54) is 0 Å². The standard InChI is InChI=1S/C15H11NO2/c17-12-8-5-11(6-9-12)7-10-15-16-13-3-1-2-4-14(13)18-15/h1-10,17H/b10-7+. The molecule has 0 aliphatic carbocycles.